The van der Waals surface area contributed by atoms with Crippen molar-refractivity contribution in [3.8, 4) is 17.4 Å². The van der Waals surface area contributed by atoms with E-state index in [1.807, 2.05) is 32.1 Å². The number of amides is 4. The smallest absolute Gasteiger partial charge is 0.408 e. The highest BCUT2D eigenvalue weighted by molar-refractivity contribution is 7.99. The SMILES string of the molecule is CCOc1cc(OC2CC3C(=O)NC4(C(=O)NSC5(C)CC5)CC4C=CCCCCCC(NC(=O)c4ccn(CC(F)(F)F)n4)C(=O)N3C2)c2ccc(OC)c(C)c2n1. The fraction of sp³-hybridized carbons (Fsp3) is 0.561. The van der Waals surface area contributed by atoms with Crippen molar-refractivity contribution in [1.29, 1.82) is 0 Å². The molecule has 5 atom stereocenters. The molecule has 0 radical (unpaired) electrons. The largest absolute Gasteiger partial charge is 0.496 e. The number of halogens is 3. The van der Waals surface area contributed by atoms with Crippen molar-refractivity contribution in [2.75, 3.05) is 20.3 Å². The number of aromatic nitrogens is 3. The van der Waals surface area contributed by atoms with Gasteiger partial charge in [0.2, 0.25) is 17.7 Å². The van der Waals surface area contributed by atoms with Crippen LogP contribution in [0.4, 0.5) is 13.2 Å². The Morgan fingerprint density at radius 1 is 1.12 bits per heavy atom. The maximum absolute atomic E-state index is 14.7. The summed E-state index contributed by atoms with van der Waals surface area (Å²) in [6, 6.07) is 4.19. The van der Waals surface area contributed by atoms with Crippen LogP contribution in [0, 0.1) is 12.8 Å². The quantitative estimate of drug-likeness (QED) is 0.164. The zero-order valence-electron chi connectivity index (χ0n) is 33.5. The summed E-state index contributed by atoms with van der Waals surface area (Å²) in [5.41, 5.74) is -0.150. The van der Waals surface area contributed by atoms with Crippen molar-refractivity contribution < 1.29 is 46.6 Å². The summed E-state index contributed by atoms with van der Waals surface area (Å²) < 4.78 is 60.7. The second-order valence-electron chi connectivity index (χ2n) is 16.0. The molecule has 5 unspecified atom stereocenters. The van der Waals surface area contributed by atoms with Crippen molar-refractivity contribution in [2.45, 2.75) is 120 Å². The van der Waals surface area contributed by atoms with Crippen LogP contribution in [0.2, 0.25) is 0 Å². The van der Waals surface area contributed by atoms with Crippen LogP contribution in [-0.2, 0) is 20.9 Å². The van der Waals surface area contributed by atoms with Gasteiger partial charge in [-0.05, 0) is 89.4 Å². The van der Waals surface area contributed by atoms with Crippen LogP contribution in [0.3, 0.4) is 0 Å². The third-order valence-electron chi connectivity index (χ3n) is 11.4. The average molecular weight is 842 g/mol. The lowest BCUT2D eigenvalue weighted by Gasteiger charge is -2.30. The van der Waals surface area contributed by atoms with Crippen molar-refractivity contribution >= 4 is 46.5 Å². The lowest BCUT2D eigenvalue weighted by Crippen LogP contribution is -2.57. The molecule has 59 heavy (non-hydrogen) atoms. The number of pyridine rings is 1. The number of ether oxygens (including phenoxy) is 3. The Hall–Kier alpha value is -5.00. The molecular formula is C41H50F3N7O7S. The first kappa shape index (κ1) is 42.1. The number of hydrogen-bond donors (Lipinski definition) is 3. The van der Waals surface area contributed by atoms with Gasteiger partial charge in [-0.15, -0.1) is 0 Å². The molecule has 7 rings (SSSR count). The number of hydrogen-bond acceptors (Lipinski definition) is 10. The van der Waals surface area contributed by atoms with Gasteiger partial charge in [0.25, 0.3) is 11.8 Å². The van der Waals surface area contributed by atoms with Crippen molar-refractivity contribution in [3.05, 3.63) is 53.9 Å². The number of rotatable bonds is 11. The van der Waals surface area contributed by atoms with Gasteiger partial charge in [-0.2, -0.15) is 18.3 Å². The van der Waals surface area contributed by atoms with Crippen LogP contribution in [0.1, 0.15) is 87.7 Å². The van der Waals surface area contributed by atoms with Crippen molar-refractivity contribution in [1.82, 2.24) is 35.0 Å². The van der Waals surface area contributed by atoms with E-state index in [-0.39, 0.29) is 41.7 Å². The van der Waals surface area contributed by atoms with E-state index in [4.69, 9.17) is 14.2 Å². The molecule has 3 aromatic rings. The van der Waals surface area contributed by atoms with Gasteiger partial charge in [-0.3, -0.25) is 28.6 Å². The minimum Gasteiger partial charge on any atom is -0.496 e. The Labute approximate surface area is 344 Å². The molecule has 3 N–H and O–H groups in total. The molecule has 1 aromatic carbocycles. The van der Waals surface area contributed by atoms with Crippen LogP contribution in [0.15, 0.2) is 42.6 Å². The maximum Gasteiger partial charge on any atom is 0.408 e. The number of methoxy groups -OCH3 is 1. The van der Waals surface area contributed by atoms with Gasteiger partial charge >= 0.3 is 6.18 Å². The fourth-order valence-electron chi connectivity index (χ4n) is 7.77. The van der Waals surface area contributed by atoms with E-state index in [0.29, 0.717) is 65.3 Å². The van der Waals surface area contributed by atoms with Gasteiger partial charge in [-0.25, -0.2) is 4.98 Å². The molecule has 2 aliphatic heterocycles. The molecule has 14 nitrogen and oxygen atoms in total. The number of nitrogens with zero attached hydrogens (tertiary/aromatic N) is 4. The number of fused-ring (bicyclic) bond motifs is 3. The number of aryl methyl sites for hydroxylation is 1. The number of carbonyl (C=O) groups is 4. The van der Waals surface area contributed by atoms with Gasteiger partial charge < -0.3 is 29.7 Å². The van der Waals surface area contributed by atoms with Gasteiger partial charge in [0.1, 0.15) is 47.5 Å². The number of alkyl halides is 3. The lowest BCUT2D eigenvalue weighted by molar-refractivity contribution is -0.142. The average Bonchev–Trinajstić information content (AvgIpc) is 3.96. The van der Waals surface area contributed by atoms with E-state index in [1.165, 1.54) is 16.8 Å². The number of benzene rings is 1. The molecule has 3 fully saturated rings. The molecule has 18 heteroatoms. The molecule has 1 saturated heterocycles. The second-order valence-corrected chi connectivity index (χ2v) is 17.4. The van der Waals surface area contributed by atoms with Crippen molar-refractivity contribution in [3.63, 3.8) is 0 Å². The second kappa shape index (κ2) is 16.9. The van der Waals surface area contributed by atoms with Gasteiger partial charge in [0.05, 0.1) is 25.8 Å². The van der Waals surface area contributed by atoms with Crippen molar-refractivity contribution in [2.24, 2.45) is 5.92 Å². The Morgan fingerprint density at radius 3 is 2.64 bits per heavy atom. The minimum absolute atomic E-state index is 0.0473. The van der Waals surface area contributed by atoms with E-state index in [2.05, 4.69) is 32.4 Å². The summed E-state index contributed by atoms with van der Waals surface area (Å²) in [6.07, 6.45) is 5.10. The molecule has 4 aliphatic rings. The summed E-state index contributed by atoms with van der Waals surface area (Å²) in [5, 5.41) is 10.2. The van der Waals surface area contributed by atoms with Crippen LogP contribution in [-0.4, -0.2) is 98.2 Å². The zero-order valence-corrected chi connectivity index (χ0v) is 34.3. The summed E-state index contributed by atoms with van der Waals surface area (Å²) in [4.78, 5) is 62.7. The monoisotopic (exact) mass is 841 g/mol. The summed E-state index contributed by atoms with van der Waals surface area (Å²) >= 11 is 1.36. The van der Waals surface area contributed by atoms with E-state index in [1.54, 1.807) is 19.2 Å². The van der Waals surface area contributed by atoms with E-state index >= 15 is 0 Å². The Balaban J connectivity index is 1.20. The fourth-order valence-corrected chi connectivity index (χ4v) is 8.60. The maximum atomic E-state index is 14.7. The first-order valence-electron chi connectivity index (χ1n) is 20.1. The highest BCUT2D eigenvalue weighted by Gasteiger charge is 2.61. The number of nitrogens with one attached hydrogen (secondary N) is 3. The highest BCUT2D eigenvalue weighted by atomic mass is 32.2. The van der Waals surface area contributed by atoms with Gasteiger partial charge in [0, 0.05) is 40.3 Å². The topological polar surface area (TPSA) is 166 Å². The molecule has 0 spiro atoms. The molecule has 2 aliphatic carbocycles. The summed E-state index contributed by atoms with van der Waals surface area (Å²) in [7, 11) is 1.57. The lowest BCUT2D eigenvalue weighted by atomic mass is 10.0. The minimum atomic E-state index is -4.55. The van der Waals surface area contributed by atoms with Crippen LogP contribution < -0.4 is 29.6 Å². The third kappa shape index (κ3) is 9.57. The van der Waals surface area contributed by atoms with Crippen LogP contribution in [0.25, 0.3) is 10.9 Å². The number of allylic oxidation sites excluding steroid dienone is 1. The predicted octanol–water partition coefficient (Wildman–Crippen LogP) is 5.57. The standard InChI is InChI=1S/C41H50F3N7O7S/c1-5-57-33-20-32(27-13-14-31(56-4)24(2)34(27)46-33)58-26-19-30-36(53)47-40(38(55)49-59-39(3)16-17-39)21-25(40)11-9-7-6-8-10-12-29(37(54)51(30)22-26)45-35(52)28-15-18-50(48-28)23-41(42,43)44/h9,11,13-15,18,20,25-26,29-30H,5-8,10,12,16-17,19,21-23H2,1-4H3,(H,45,52)(H,47,53)(H,49,55). The summed E-state index contributed by atoms with van der Waals surface area (Å²) in [5.74, 6) is -1.14. The van der Waals surface area contributed by atoms with Crippen LogP contribution >= 0.6 is 11.9 Å². The molecule has 318 valence electrons. The first-order chi connectivity index (χ1) is 28.1. The number of carbonyl (C=O) groups excluding carboxylic acids is 4. The Morgan fingerprint density at radius 2 is 1.92 bits per heavy atom. The molecule has 2 aromatic heterocycles. The highest BCUT2D eigenvalue weighted by Crippen LogP contribution is 2.49. The zero-order chi connectivity index (χ0) is 42.1. The van der Waals surface area contributed by atoms with Crippen LogP contribution in [0.5, 0.6) is 17.4 Å². The predicted molar refractivity (Wildman–Crippen MR) is 213 cm³/mol. The van der Waals surface area contributed by atoms with Gasteiger partial charge in [-0.1, -0.05) is 25.0 Å². The Kier molecular flexibility index (Phi) is 12.1. The summed E-state index contributed by atoms with van der Waals surface area (Å²) in [6.45, 7) is 4.68. The molecule has 0 bridgehead atoms. The molecule has 4 heterocycles. The van der Waals surface area contributed by atoms with E-state index < -0.39 is 54.2 Å². The third-order valence-corrected chi connectivity index (χ3v) is 12.6. The van der Waals surface area contributed by atoms with E-state index in [9.17, 15) is 32.3 Å². The Bertz CT molecular complexity index is 2130. The molecular weight excluding hydrogens is 792 g/mol. The molecule has 2 saturated carbocycles. The van der Waals surface area contributed by atoms with Gasteiger partial charge in [0.15, 0.2) is 0 Å². The van der Waals surface area contributed by atoms with E-state index in [0.717, 1.165) is 37.1 Å². The molecule has 4 amide bonds. The first-order valence-corrected chi connectivity index (χ1v) is 20.9. The normalized spacial score (nSPS) is 25.5.